The van der Waals surface area contributed by atoms with Gasteiger partial charge in [-0.15, -0.1) is 0 Å². The van der Waals surface area contributed by atoms with Crippen LogP contribution in [0, 0.1) is 11.3 Å². The van der Waals surface area contributed by atoms with E-state index in [2.05, 4.69) is 5.32 Å². The summed E-state index contributed by atoms with van der Waals surface area (Å²) in [6.45, 7) is 0.883. The van der Waals surface area contributed by atoms with Crippen molar-refractivity contribution in [1.29, 1.82) is 5.26 Å². The zero-order valence-corrected chi connectivity index (χ0v) is 15.2. The number of carbonyl (C=O) groups is 2. The third kappa shape index (κ3) is 5.45. The van der Waals surface area contributed by atoms with Crippen LogP contribution < -0.4 is 10.4 Å². The Labute approximate surface area is 160 Å². The van der Waals surface area contributed by atoms with Crippen LogP contribution in [0.2, 0.25) is 5.02 Å². The lowest BCUT2D eigenvalue weighted by molar-refractivity contribution is -0.255. The molecule has 0 fully saturated rings. The van der Waals surface area contributed by atoms with Gasteiger partial charge in [0.25, 0.3) is 5.91 Å². The molecular formula is C19H16ClN2O5-. The van der Waals surface area contributed by atoms with E-state index in [1.807, 2.05) is 6.07 Å². The minimum absolute atomic E-state index is 0.0577. The number of hydrogen-bond donors (Lipinski definition) is 1. The van der Waals surface area contributed by atoms with Crippen molar-refractivity contribution in [1.82, 2.24) is 5.32 Å². The van der Waals surface area contributed by atoms with E-state index < -0.39 is 11.9 Å². The number of benzene rings is 1. The molecule has 1 aromatic heterocycles. The van der Waals surface area contributed by atoms with E-state index in [9.17, 15) is 20.0 Å². The summed E-state index contributed by atoms with van der Waals surface area (Å²) in [5.74, 6) is -1.28. The molecular weight excluding hydrogens is 372 g/mol. The topological polar surface area (TPSA) is 115 Å². The molecule has 0 aliphatic rings. The molecule has 0 saturated heterocycles. The fourth-order valence-corrected chi connectivity index (χ4v) is 2.42. The zero-order valence-electron chi connectivity index (χ0n) is 14.5. The highest BCUT2D eigenvalue weighted by Crippen LogP contribution is 2.27. The van der Waals surface area contributed by atoms with E-state index in [0.29, 0.717) is 30.9 Å². The molecule has 0 unspecified atom stereocenters. The number of carboxylic acids is 1. The van der Waals surface area contributed by atoms with Gasteiger partial charge in [0, 0.05) is 42.5 Å². The fraction of sp³-hybridized carbons (Fsp3) is 0.211. The first-order valence-corrected chi connectivity index (χ1v) is 8.34. The molecule has 27 heavy (non-hydrogen) atoms. The number of aromatic carboxylic acids is 1. The molecule has 0 aliphatic carbocycles. The molecule has 1 aromatic carbocycles. The first kappa shape index (κ1) is 20.2. The number of amides is 1. The Morgan fingerprint density at radius 2 is 2.15 bits per heavy atom. The van der Waals surface area contributed by atoms with Crippen molar-refractivity contribution in [3.8, 4) is 17.4 Å². The summed E-state index contributed by atoms with van der Waals surface area (Å²) in [6, 6.07) is 9.34. The minimum atomic E-state index is -1.40. The summed E-state index contributed by atoms with van der Waals surface area (Å²) in [6.07, 6.45) is 1.94. The number of hydrogen-bond acceptors (Lipinski definition) is 6. The van der Waals surface area contributed by atoms with Crippen molar-refractivity contribution < 1.29 is 23.8 Å². The maximum absolute atomic E-state index is 12.0. The smallest absolute Gasteiger partial charge is 0.262 e. The van der Waals surface area contributed by atoms with Crippen LogP contribution in [0.15, 0.2) is 40.3 Å². The van der Waals surface area contributed by atoms with Crippen molar-refractivity contribution in [2.45, 2.75) is 6.42 Å². The van der Waals surface area contributed by atoms with E-state index >= 15 is 0 Å². The summed E-state index contributed by atoms with van der Waals surface area (Å²) in [7, 11) is 1.56. The van der Waals surface area contributed by atoms with Crippen molar-refractivity contribution in [3.63, 3.8) is 0 Å². The Hall–Kier alpha value is -3.08. The lowest BCUT2D eigenvalue weighted by atomic mass is 10.1. The molecule has 2 aromatic rings. The second-order valence-corrected chi connectivity index (χ2v) is 5.86. The van der Waals surface area contributed by atoms with Crippen LogP contribution >= 0.6 is 11.6 Å². The van der Waals surface area contributed by atoms with Crippen molar-refractivity contribution in [2.24, 2.45) is 0 Å². The molecule has 8 heteroatoms. The van der Waals surface area contributed by atoms with Gasteiger partial charge >= 0.3 is 0 Å². The highest BCUT2D eigenvalue weighted by Gasteiger charge is 2.12. The zero-order chi connectivity index (χ0) is 19.8. The Morgan fingerprint density at radius 1 is 1.37 bits per heavy atom. The summed E-state index contributed by atoms with van der Waals surface area (Å²) in [5.41, 5.74) is 0.205. The summed E-state index contributed by atoms with van der Waals surface area (Å²) in [5, 5.41) is 22.9. The summed E-state index contributed by atoms with van der Waals surface area (Å²) < 4.78 is 10.5. The van der Waals surface area contributed by atoms with E-state index in [1.165, 1.54) is 18.2 Å². The predicted molar refractivity (Wildman–Crippen MR) is 96.6 cm³/mol. The van der Waals surface area contributed by atoms with Crippen molar-refractivity contribution >= 4 is 29.6 Å². The molecule has 0 aliphatic heterocycles. The van der Waals surface area contributed by atoms with Gasteiger partial charge in [-0.1, -0.05) is 11.6 Å². The van der Waals surface area contributed by atoms with E-state index in [0.717, 1.165) is 0 Å². The quantitative estimate of drug-likeness (QED) is 0.421. The summed E-state index contributed by atoms with van der Waals surface area (Å²) in [4.78, 5) is 23.1. The largest absolute Gasteiger partial charge is 0.545 e. The first-order valence-electron chi connectivity index (χ1n) is 7.96. The molecule has 1 heterocycles. The van der Waals surface area contributed by atoms with E-state index in [1.54, 1.807) is 25.3 Å². The normalized spacial score (nSPS) is 11.1. The number of carbonyl (C=O) groups excluding carboxylic acids is 2. The molecule has 140 valence electrons. The van der Waals surface area contributed by atoms with Gasteiger partial charge in [0.05, 0.1) is 5.97 Å². The van der Waals surface area contributed by atoms with E-state index in [4.69, 9.17) is 20.8 Å². The molecule has 1 amide bonds. The number of ether oxygens (including phenoxy) is 1. The van der Waals surface area contributed by atoms with Gasteiger partial charge in [-0.2, -0.15) is 5.26 Å². The molecule has 0 atom stereocenters. The third-order valence-electron chi connectivity index (χ3n) is 3.56. The maximum atomic E-state index is 12.0. The molecule has 7 nitrogen and oxygen atoms in total. The van der Waals surface area contributed by atoms with Gasteiger partial charge in [-0.3, -0.25) is 4.79 Å². The van der Waals surface area contributed by atoms with Crippen LogP contribution in [0.3, 0.4) is 0 Å². The Morgan fingerprint density at radius 3 is 2.81 bits per heavy atom. The second kappa shape index (κ2) is 9.57. The Bertz CT molecular complexity index is 911. The number of carboxylic acid groups (broad SMARTS) is 1. The number of methoxy groups -OCH3 is 1. The molecule has 0 spiro atoms. The van der Waals surface area contributed by atoms with Gasteiger partial charge in [-0.05, 0) is 36.8 Å². The molecule has 0 bridgehead atoms. The predicted octanol–water partition coefficient (Wildman–Crippen LogP) is 2.02. The average Bonchev–Trinajstić information content (AvgIpc) is 3.12. The number of furan rings is 1. The molecule has 1 N–H and O–H groups in total. The fourth-order valence-electron chi connectivity index (χ4n) is 2.23. The first-order chi connectivity index (χ1) is 13.0. The van der Waals surface area contributed by atoms with Crippen LogP contribution in [-0.4, -0.2) is 32.1 Å². The molecule has 2 rings (SSSR count). The van der Waals surface area contributed by atoms with Crippen LogP contribution in [0.4, 0.5) is 0 Å². The van der Waals surface area contributed by atoms with Crippen LogP contribution in [0.1, 0.15) is 22.5 Å². The van der Waals surface area contributed by atoms with Crippen molar-refractivity contribution in [2.75, 3.05) is 20.3 Å². The Kier molecular flexibility index (Phi) is 7.17. The summed E-state index contributed by atoms with van der Waals surface area (Å²) >= 11 is 5.82. The average molecular weight is 388 g/mol. The highest BCUT2D eigenvalue weighted by molar-refractivity contribution is 6.33. The second-order valence-electron chi connectivity index (χ2n) is 5.46. The molecule has 0 saturated carbocycles. The number of nitrogens with zero attached hydrogens (tertiary/aromatic N) is 1. The number of nitriles is 1. The van der Waals surface area contributed by atoms with Gasteiger partial charge in [0.2, 0.25) is 0 Å². The van der Waals surface area contributed by atoms with Crippen molar-refractivity contribution in [3.05, 3.63) is 52.3 Å². The monoisotopic (exact) mass is 387 g/mol. The minimum Gasteiger partial charge on any atom is -0.545 e. The van der Waals surface area contributed by atoms with Gasteiger partial charge in [0.15, 0.2) is 0 Å². The van der Waals surface area contributed by atoms with Crippen LogP contribution in [0.5, 0.6) is 0 Å². The van der Waals surface area contributed by atoms with Gasteiger partial charge in [0.1, 0.15) is 23.2 Å². The third-order valence-corrected chi connectivity index (χ3v) is 3.89. The van der Waals surface area contributed by atoms with E-state index in [-0.39, 0.29) is 21.9 Å². The lowest BCUT2D eigenvalue weighted by Crippen LogP contribution is -2.26. The highest BCUT2D eigenvalue weighted by atomic mass is 35.5. The molecule has 0 radical (unpaired) electrons. The number of rotatable bonds is 8. The van der Waals surface area contributed by atoms with Crippen LogP contribution in [0.25, 0.3) is 17.4 Å². The number of halogens is 1. The maximum Gasteiger partial charge on any atom is 0.262 e. The number of nitrogens with one attached hydrogen (secondary N) is 1. The van der Waals surface area contributed by atoms with Gasteiger partial charge < -0.3 is 24.4 Å². The van der Waals surface area contributed by atoms with Gasteiger partial charge in [-0.25, -0.2) is 0 Å². The lowest BCUT2D eigenvalue weighted by Gasteiger charge is -2.06. The Balaban J connectivity index is 2.18. The van der Waals surface area contributed by atoms with Crippen LogP contribution in [-0.2, 0) is 9.53 Å². The standard InChI is InChI=1S/C19H17ClN2O5/c1-26-8-2-7-22-18(23)13(11-21)9-14-4-6-17(27-14)12-3-5-16(20)15(10-12)19(24)25/h3-6,9-10H,2,7-8H2,1H3,(H,22,23)(H,24,25)/p-1/b13-9+. The SMILES string of the molecule is COCCCNC(=O)/C(C#N)=C/c1ccc(-c2ccc(Cl)c(C(=O)[O-])c2)o1.